The van der Waals surface area contributed by atoms with Gasteiger partial charge in [-0.2, -0.15) is 5.26 Å². The molecule has 1 nitrogen and oxygen atoms in total. The molecular weight excluding hydrogens is 381 g/mol. The van der Waals surface area contributed by atoms with Crippen molar-refractivity contribution in [3.8, 4) is 6.07 Å². The number of unbranched alkanes of at least 4 members (excludes halogenated alkanes) is 4. The highest BCUT2D eigenvalue weighted by atomic mass is 19.1. The molecule has 1 aromatic rings. The smallest absolute Gasteiger partial charge is 0.0991 e. The van der Waals surface area contributed by atoms with Gasteiger partial charge >= 0.3 is 0 Å². The first-order chi connectivity index (χ1) is 15.3. The van der Waals surface area contributed by atoms with Crippen LogP contribution in [-0.4, -0.2) is 0 Å². The zero-order valence-corrected chi connectivity index (χ0v) is 19.4. The zero-order chi connectivity index (χ0) is 21.7. The number of hydrogen-bond donors (Lipinski definition) is 0. The Labute approximate surface area is 190 Å². The molecule has 2 aliphatic carbocycles. The van der Waals surface area contributed by atoms with Crippen LogP contribution in [0.15, 0.2) is 36.7 Å². The van der Waals surface area contributed by atoms with Gasteiger partial charge in [-0.3, -0.25) is 0 Å². The third kappa shape index (κ3) is 8.44. The van der Waals surface area contributed by atoms with Crippen LogP contribution in [0.3, 0.4) is 0 Å². The van der Waals surface area contributed by atoms with Crippen LogP contribution in [0.2, 0.25) is 0 Å². The van der Waals surface area contributed by atoms with Crippen molar-refractivity contribution in [3.05, 3.63) is 47.8 Å². The van der Waals surface area contributed by atoms with Crippen LogP contribution in [0.5, 0.6) is 0 Å². The predicted octanol–water partition coefficient (Wildman–Crippen LogP) is 9.24. The van der Waals surface area contributed by atoms with Crippen molar-refractivity contribution < 1.29 is 4.39 Å². The lowest BCUT2D eigenvalue weighted by atomic mass is 9.74. The van der Waals surface area contributed by atoms with Crippen molar-refractivity contribution in [3.63, 3.8) is 0 Å². The molecule has 2 heteroatoms. The minimum absolute atomic E-state index is 0.681. The van der Waals surface area contributed by atoms with E-state index in [1.165, 1.54) is 95.5 Å². The molecule has 3 rings (SSSR count). The van der Waals surface area contributed by atoms with Gasteiger partial charge in [0.25, 0.3) is 0 Å². The maximum absolute atomic E-state index is 11.9. The predicted molar refractivity (Wildman–Crippen MR) is 128 cm³/mol. The Kier molecular flexibility index (Phi) is 10.6. The van der Waals surface area contributed by atoms with Crippen molar-refractivity contribution >= 4 is 0 Å². The first kappa shape index (κ1) is 24.0. The SMILES string of the molecule is N#Cc1ccc([C@H]2CC[C@H](CC[C@H]3CC[C@H](CCCCCC/C=C/F)CC3)CC2)cc1. The number of halogens is 1. The Morgan fingerprint density at radius 3 is 1.87 bits per heavy atom. The maximum atomic E-state index is 11.9. The molecule has 0 amide bonds. The van der Waals surface area contributed by atoms with Gasteiger partial charge in [0.1, 0.15) is 0 Å². The van der Waals surface area contributed by atoms with E-state index in [0.29, 0.717) is 12.2 Å². The summed E-state index contributed by atoms with van der Waals surface area (Å²) in [5.41, 5.74) is 2.21. The first-order valence-electron chi connectivity index (χ1n) is 13.0. The largest absolute Gasteiger partial charge is 0.216 e. The maximum Gasteiger partial charge on any atom is 0.0991 e. The van der Waals surface area contributed by atoms with Crippen LogP contribution in [0.25, 0.3) is 0 Å². The van der Waals surface area contributed by atoms with Crippen molar-refractivity contribution in [1.82, 2.24) is 0 Å². The van der Waals surface area contributed by atoms with Gasteiger partial charge in [-0.15, -0.1) is 0 Å². The molecule has 0 bridgehead atoms. The molecule has 0 radical (unpaired) electrons. The van der Waals surface area contributed by atoms with E-state index in [1.807, 2.05) is 12.1 Å². The molecule has 0 aliphatic heterocycles. The molecular formula is C29H42FN. The Balaban J connectivity index is 1.23. The molecule has 2 aliphatic rings. The number of rotatable bonds is 11. The summed E-state index contributed by atoms with van der Waals surface area (Å²) in [4.78, 5) is 0. The van der Waals surface area contributed by atoms with Crippen LogP contribution < -0.4 is 0 Å². The Morgan fingerprint density at radius 1 is 0.742 bits per heavy atom. The Bertz CT molecular complexity index is 670. The van der Waals surface area contributed by atoms with Crippen molar-refractivity contribution in [2.24, 2.45) is 17.8 Å². The lowest BCUT2D eigenvalue weighted by Crippen LogP contribution is -2.17. The van der Waals surface area contributed by atoms with Crippen LogP contribution in [0, 0.1) is 29.1 Å². The zero-order valence-electron chi connectivity index (χ0n) is 19.4. The lowest BCUT2D eigenvalue weighted by Gasteiger charge is -2.32. The molecule has 1 aromatic carbocycles. The fraction of sp³-hybridized carbons (Fsp3) is 0.690. The van der Waals surface area contributed by atoms with Crippen LogP contribution in [0.4, 0.5) is 4.39 Å². The van der Waals surface area contributed by atoms with Crippen LogP contribution in [0.1, 0.15) is 120 Å². The number of hydrogen-bond acceptors (Lipinski definition) is 1. The molecule has 0 atom stereocenters. The standard InChI is InChI=1S/C29H42FN/c30-22-6-4-2-1-3-5-7-24-8-10-25(11-9-24)12-13-26-14-18-28(19-15-26)29-20-16-27(23-31)17-21-29/h6,16-17,20-22,24-26,28H,1-5,7-15,18-19H2/b22-6+/t24-,25-,26-,28-. The van der Waals surface area contributed by atoms with Gasteiger partial charge in [-0.05, 0) is 79.9 Å². The third-order valence-electron chi connectivity index (χ3n) is 8.13. The number of benzene rings is 1. The minimum atomic E-state index is 0.681. The van der Waals surface area contributed by atoms with Gasteiger partial charge < -0.3 is 0 Å². The normalized spacial score (nSPS) is 26.7. The van der Waals surface area contributed by atoms with Crippen LogP contribution >= 0.6 is 0 Å². The topological polar surface area (TPSA) is 23.8 Å². The average Bonchev–Trinajstić information content (AvgIpc) is 2.83. The molecule has 170 valence electrons. The molecule has 2 saturated carbocycles. The van der Waals surface area contributed by atoms with Gasteiger partial charge in [0, 0.05) is 0 Å². The molecule has 0 unspecified atom stereocenters. The molecule has 0 heterocycles. The summed E-state index contributed by atoms with van der Waals surface area (Å²) in [5.74, 6) is 3.61. The average molecular weight is 424 g/mol. The van der Waals surface area contributed by atoms with Gasteiger partial charge in [-0.25, -0.2) is 4.39 Å². The van der Waals surface area contributed by atoms with Gasteiger partial charge in [0.05, 0.1) is 18.0 Å². The molecule has 0 spiro atoms. The highest BCUT2D eigenvalue weighted by Crippen LogP contribution is 2.40. The first-order valence-corrected chi connectivity index (χ1v) is 13.0. The summed E-state index contributed by atoms with van der Waals surface area (Å²) in [5, 5.41) is 8.97. The van der Waals surface area contributed by atoms with E-state index in [-0.39, 0.29) is 0 Å². The number of nitrogens with zero attached hydrogens (tertiary/aromatic N) is 1. The Morgan fingerprint density at radius 2 is 1.29 bits per heavy atom. The highest BCUT2D eigenvalue weighted by molar-refractivity contribution is 5.33. The van der Waals surface area contributed by atoms with E-state index in [1.54, 1.807) is 6.08 Å². The summed E-state index contributed by atoms with van der Waals surface area (Å²) in [6.45, 7) is 0. The third-order valence-corrected chi connectivity index (χ3v) is 8.13. The van der Waals surface area contributed by atoms with Crippen molar-refractivity contribution in [2.75, 3.05) is 0 Å². The van der Waals surface area contributed by atoms with Gasteiger partial charge in [0.15, 0.2) is 0 Å². The summed E-state index contributed by atoms with van der Waals surface area (Å²) in [6.07, 6.45) is 23.9. The van der Waals surface area contributed by atoms with Gasteiger partial charge in [0.2, 0.25) is 0 Å². The van der Waals surface area contributed by atoms with Crippen LogP contribution in [-0.2, 0) is 0 Å². The fourth-order valence-electron chi connectivity index (χ4n) is 6.01. The number of nitriles is 1. The van der Waals surface area contributed by atoms with E-state index < -0.39 is 0 Å². The van der Waals surface area contributed by atoms with E-state index in [9.17, 15) is 4.39 Å². The summed E-state index contributed by atoms with van der Waals surface area (Å²) in [6, 6.07) is 10.5. The summed E-state index contributed by atoms with van der Waals surface area (Å²) < 4.78 is 11.9. The summed E-state index contributed by atoms with van der Waals surface area (Å²) in [7, 11) is 0. The summed E-state index contributed by atoms with van der Waals surface area (Å²) >= 11 is 0. The Hall–Kier alpha value is -1.62. The second kappa shape index (κ2) is 13.7. The quantitative estimate of drug-likeness (QED) is 0.325. The molecule has 0 saturated heterocycles. The minimum Gasteiger partial charge on any atom is -0.216 e. The van der Waals surface area contributed by atoms with E-state index in [4.69, 9.17) is 5.26 Å². The molecule has 2 fully saturated rings. The lowest BCUT2D eigenvalue weighted by molar-refractivity contribution is 0.222. The van der Waals surface area contributed by atoms with E-state index in [2.05, 4.69) is 18.2 Å². The number of allylic oxidation sites excluding steroid dienone is 1. The van der Waals surface area contributed by atoms with E-state index >= 15 is 0 Å². The fourth-order valence-corrected chi connectivity index (χ4v) is 6.01. The monoisotopic (exact) mass is 423 g/mol. The van der Waals surface area contributed by atoms with Gasteiger partial charge in [-0.1, -0.05) is 82.4 Å². The van der Waals surface area contributed by atoms with E-state index in [0.717, 1.165) is 36.2 Å². The van der Waals surface area contributed by atoms with Crippen molar-refractivity contribution in [2.45, 2.75) is 109 Å². The second-order valence-electron chi connectivity index (χ2n) is 10.3. The van der Waals surface area contributed by atoms with Crippen molar-refractivity contribution in [1.29, 1.82) is 5.26 Å². The second-order valence-corrected chi connectivity index (χ2v) is 10.3. The molecule has 0 aromatic heterocycles. The molecule has 0 N–H and O–H groups in total. The molecule has 31 heavy (non-hydrogen) atoms. The highest BCUT2D eigenvalue weighted by Gasteiger charge is 2.25.